The number of hydrogen-bond donors (Lipinski definition) is 2. The molecule has 4 rings (SSSR count). The summed E-state index contributed by atoms with van der Waals surface area (Å²) in [7, 11) is 0. The molecule has 0 spiro atoms. The first-order chi connectivity index (χ1) is 10.4. The van der Waals surface area contributed by atoms with Crippen molar-refractivity contribution < 1.29 is 0 Å². The first kappa shape index (κ1) is 12.6. The lowest BCUT2D eigenvalue weighted by Gasteiger charge is -2.28. The molecule has 3 heteroatoms. The van der Waals surface area contributed by atoms with Gasteiger partial charge in [-0.25, -0.2) is 0 Å². The third-order valence-electron chi connectivity index (χ3n) is 3.72. The Bertz CT molecular complexity index is 719. The van der Waals surface area contributed by atoms with Crippen LogP contribution in [0, 0.1) is 0 Å². The summed E-state index contributed by atoms with van der Waals surface area (Å²) in [4.78, 5) is 2.72. The zero-order valence-electron chi connectivity index (χ0n) is 11.5. The molecule has 2 nitrogen and oxygen atoms in total. The number of rotatable bonds is 2. The maximum absolute atomic E-state index is 3.58. The second kappa shape index (κ2) is 5.34. The number of benzene rings is 2. The van der Waals surface area contributed by atoms with Gasteiger partial charge in [-0.2, -0.15) is 0 Å². The summed E-state index contributed by atoms with van der Waals surface area (Å²) in [6, 6.07) is 19.2. The minimum absolute atomic E-state index is 0.353. The van der Waals surface area contributed by atoms with Gasteiger partial charge in [-0.15, -0.1) is 0 Å². The molecule has 1 aliphatic carbocycles. The predicted octanol–water partition coefficient (Wildman–Crippen LogP) is 4.86. The summed E-state index contributed by atoms with van der Waals surface area (Å²) in [6.45, 7) is 0. The zero-order chi connectivity index (χ0) is 14.1. The highest BCUT2D eigenvalue weighted by Gasteiger charge is 2.22. The Hall–Kier alpha value is -2.13. The van der Waals surface area contributed by atoms with Crippen molar-refractivity contribution in [3.63, 3.8) is 0 Å². The number of allylic oxidation sites excluding steroid dienone is 1. The Morgan fingerprint density at radius 3 is 2.71 bits per heavy atom. The molecule has 0 radical (unpaired) electrons. The van der Waals surface area contributed by atoms with Crippen LogP contribution in [-0.2, 0) is 0 Å². The molecule has 1 aliphatic heterocycles. The van der Waals surface area contributed by atoms with Crippen LogP contribution in [0.5, 0.6) is 0 Å². The number of para-hydroxylation sites is 2. The van der Waals surface area contributed by atoms with E-state index in [-0.39, 0.29) is 0 Å². The van der Waals surface area contributed by atoms with Gasteiger partial charge in [0, 0.05) is 33.6 Å². The van der Waals surface area contributed by atoms with Gasteiger partial charge in [0.05, 0.1) is 5.69 Å². The van der Waals surface area contributed by atoms with E-state index in [0.29, 0.717) is 6.04 Å². The van der Waals surface area contributed by atoms with E-state index in [9.17, 15) is 0 Å². The lowest BCUT2D eigenvalue weighted by molar-refractivity contribution is 0.862. The molecular weight excluding hydrogens is 276 g/mol. The van der Waals surface area contributed by atoms with Crippen molar-refractivity contribution in [1.29, 1.82) is 0 Å². The second-order valence-corrected chi connectivity index (χ2v) is 6.38. The van der Waals surface area contributed by atoms with Gasteiger partial charge in [0.1, 0.15) is 0 Å². The molecule has 0 fully saturated rings. The molecule has 2 aliphatic rings. The highest BCUT2D eigenvalue weighted by Crippen LogP contribution is 2.43. The standard InChI is InChI=1S/C18H16N2S/c1-2-6-13(7-3-1)19-14-10-11-16-18(12-14)21-17-9-5-4-8-15(17)20-16/h1-11,14,19-20H,12H2. The van der Waals surface area contributed by atoms with Crippen molar-refractivity contribution in [2.24, 2.45) is 0 Å². The smallest absolute Gasteiger partial charge is 0.0526 e. The third kappa shape index (κ3) is 2.57. The molecule has 0 aromatic heterocycles. The molecule has 0 saturated carbocycles. The third-order valence-corrected chi connectivity index (χ3v) is 4.93. The number of nitrogens with one attached hydrogen (secondary N) is 2. The number of thioether (sulfide) groups is 1. The van der Waals surface area contributed by atoms with E-state index in [1.54, 1.807) is 0 Å². The summed E-state index contributed by atoms with van der Waals surface area (Å²) in [5.41, 5.74) is 3.62. The van der Waals surface area contributed by atoms with Gasteiger partial charge >= 0.3 is 0 Å². The van der Waals surface area contributed by atoms with Gasteiger partial charge in [0.15, 0.2) is 0 Å². The molecule has 0 saturated heterocycles. The molecule has 104 valence electrons. The van der Waals surface area contributed by atoms with Crippen molar-refractivity contribution in [2.45, 2.75) is 17.4 Å². The van der Waals surface area contributed by atoms with Crippen molar-refractivity contribution in [3.8, 4) is 0 Å². The lowest BCUT2D eigenvalue weighted by atomic mass is 10.1. The SMILES string of the molecule is C1=CC(Nc2ccccc2)CC2=C1Nc1ccccc1S2. The molecule has 21 heavy (non-hydrogen) atoms. The highest BCUT2D eigenvalue weighted by atomic mass is 32.2. The van der Waals surface area contributed by atoms with Crippen molar-refractivity contribution >= 4 is 23.1 Å². The molecule has 0 bridgehead atoms. The highest BCUT2D eigenvalue weighted by molar-refractivity contribution is 8.03. The monoisotopic (exact) mass is 292 g/mol. The van der Waals surface area contributed by atoms with Crippen LogP contribution in [0.4, 0.5) is 11.4 Å². The number of anilines is 2. The Labute approximate surface area is 129 Å². The molecule has 2 aromatic carbocycles. The number of hydrogen-bond acceptors (Lipinski definition) is 3. The van der Waals surface area contributed by atoms with E-state index < -0.39 is 0 Å². The largest absolute Gasteiger partial charge is 0.378 e. The zero-order valence-corrected chi connectivity index (χ0v) is 12.4. The van der Waals surface area contributed by atoms with Crippen LogP contribution in [0.1, 0.15) is 6.42 Å². The van der Waals surface area contributed by atoms with Crippen LogP contribution in [0.2, 0.25) is 0 Å². The van der Waals surface area contributed by atoms with Crippen molar-refractivity contribution in [3.05, 3.63) is 77.4 Å². The van der Waals surface area contributed by atoms with Crippen molar-refractivity contribution in [1.82, 2.24) is 0 Å². The van der Waals surface area contributed by atoms with Gasteiger partial charge < -0.3 is 10.6 Å². The van der Waals surface area contributed by atoms with E-state index in [2.05, 4.69) is 71.3 Å². The van der Waals surface area contributed by atoms with Crippen LogP contribution in [-0.4, -0.2) is 6.04 Å². The Kier molecular flexibility index (Phi) is 3.20. The fourth-order valence-electron chi connectivity index (χ4n) is 2.68. The summed E-state index contributed by atoms with van der Waals surface area (Å²) in [6.07, 6.45) is 5.46. The molecule has 1 atom stereocenters. The maximum Gasteiger partial charge on any atom is 0.0526 e. The second-order valence-electron chi connectivity index (χ2n) is 5.24. The fourth-order valence-corrected chi connectivity index (χ4v) is 3.81. The van der Waals surface area contributed by atoms with Crippen LogP contribution in [0.3, 0.4) is 0 Å². The Morgan fingerprint density at radius 2 is 1.81 bits per heavy atom. The van der Waals surface area contributed by atoms with Gasteiger partial charge in [-0.3, -0.25) is 0 Å². The van der Waals surface area contributed by atoms with E-state index in [4.69, 9.17) is 0 Å². The lowest BCUT2D eigenvalue weighted by Crippen LogP contribution is -2.22. The van der Waals surface area contributed by atoms with Gasteiger partial charge in [0.25, 0.3) is 0 Å². The molecule has 2 N–H and O–H groups in total. The van der Waals surface area contributed by atoms with Crippen LogP contribution in [0.15, 0.2) is 82.2 Å². The normalized spacial score (nSPS) is 19.5. The van der Waals surface area contributed by atoms with E-state index in [1.165, 1.54) is 26.9 Å². The topological polar surface area (TPSA) is 24.1 Å². The molecule has 1 heterocycles. The summed E-state index contributed by atoms with van der Waals surface area (Å²) in [5.74, 6) is 0. The van der Waals surface area contributed by atoms with Crippen LogP contribution in [0.25, 0.3) is 0 Å². The minimum atomic E-state index is 0.353. The maximum atomic E-state index is 3.58. The van der Waals surface area contributed by atoms with E-state index >= 15 is 0 Å². The minimum Gasteiger partial charge on any atom is -0.378 e. The average Bonchev–Trinajstić information content (AvgIpc) is 2.54. The average molecular weight is 292 g/mol. The molecule has 0 amide bonds. The number of fused-ring (bicyclic) bond motifs is 1. The Balaban J connectivity index is 1.52. The first-order valence-corrected chi connectivity index (χ1v) is 7.97. The fraction of sp³-hybridized carbons (Fsp3) is 0.111. The van der Waals surface area contributed by atoms with Crippen LogP contribution < -0.4 is 10.6 Å². The van der Waals surface area contributed by atoms with Crippen LogP contribution >= 0.6 is 11.8 Å². The van der Waals surface area contributed by atoms with E-state index in [0.717, 1.165) is 6.42 Å². The summed E-state index contributed by atoms with van der Waals surface area (Å²) in [5, 5.41) is 7.10. The molecular formula is C18H16N2S. The van der Waals surface area contributed by atoms with Gasteiger partial charge in [-0.1, -0.05) is 48.2 Å². The quantitative estimate of drug-likeness (QED) is 0.827. The Morgan fingerprint density at radius 1 is 1.00 bits per heavy atom. The molecule has 1 unspecified atom stereocenters. The predicted molar refractivity (Wildman–Crippen MR) is 90.6 cm³/mol. The summed E-state index contributed by atoms with van der Waals surface area (Å²) >= 11 is 1.88. The van der Waals surface area contributed by atoms with Gasteiger partial charge in [-0.05, 0) is 30.3 Å². The van der Waals surface area contributed by atoms with E-state index in [1.807, 2.05) is 17.8 Å². The first-order valence-electron chi connectivity index (χ1n) is 7.15. The summed E-state index contributed by atoms with van der Waals surface area (Å²) < 4.78 is 0. The molecule has 2 aromatic rings. The van der Waals surface area contributed by atoms with Gasteiger partial charge in [0.2, 0.25) is 0 Å². The van der Waals surface area contributed by atoms with Crippen molar-refractivity contribution in [2.75, 3.05) is 10.6 Å².